The Bertz CT molecular complexity index is 290. The molecule has 1 rings (SSSR count). The van der Waals surface area contributed by atoms with Crippen molar-refractivity contribution in [2.24, 2.45) is 0 Å². The Labute approximate surface area is 84.2 Å². The standard InChI is InChI=1S/C12H13O2/c1-2-10-14-12(13)9-8-11-6-4-3-5-7-11/h2-7,9H,1,8,10H2. The lowest BCUT2D eigenvalue weighted by atomic mass is 10.1. The second-order valence-electron chi connectivity index (χ2n) is 2.81. The maximum atomic E-state index is 11.0. The molecule has 0 aliphatic rings. The van der Waals surface area contributed by atoms with Crippen molar-refractivity contribution in [1.82, 2.24) is 0 Å². The fraction of sp³-hybridized carbons (Fsp3) is 0.167. The molecule has 0 saturated carbocycles. The minimum absolute atomic E-state index is 0.268. The molecule has 0 fully saturated rings. The minimum Gasteiger partial charge on any atom is -0.461 e. The van der Waals surface area contributed by atoms with Crippen molar-refractivity contribution in [3.8, 4) is 0 Å². The minimum atomic E-state index is -0.297. The highest BCUT2D eigenvalue weighted by Crippen LogP contribution is 2.02. The Kier molecular flexibility index (Phi) is 4.48. The summed E-state index contributed by atoms with van der Waals surface area (Å²) in [6.45, 7) is 3.73. The summed E-state index contributed by atoms with van der Waals surface area (Å²) in [5.41, 5.74) is 1.10. The van der Waals surface area contributed by atoms with Gasteiger partial charge in [0, 0.05) is 0 Å². The quantitative estimate of drug-likeness (QED) is 0.524. The van der Waals surface area contributed by atoms with Gasteiger partial charge in [0.15, 0.2) is 0 Å². The zero-order chi connectivity index (χ0) is 10.2. The first-order valence-corrected chi connectivity index (χ1v) is 4.47. The van der Waals surface area contributed by atoms with Crippen LogP contribution in [0.5, 0.6) is 0 Å². The molecule has 2 heteroatoms. The number of hydrogen-bond donors (Lipinski definition) is 0. The summed E-state index contributed by atoms with van der Waals surface area (Å²) in [6.07, 6.45) is 3.68. The molecule has 73 valence electrons. The van der Waals surface area contributed by atoms with E-state index in [1.54, 1.807) is 6.08 Å². The Morgan fingerprint density at radius 1 is 1.36 bits per heavy atom. The first-order chi connectivity index (χ1) is 6.83. The first-order valence-electron chi connectivity index (χ1n) is 4.47. The maximum absolute atomic E-state index is 11.0. The van der Waals surface area contributed by atoms with Gasteiger partial charge in [-0.1, -0.05) is 43.0 Å². The molecule has 0 aliphatic carbocycles. The van der Waals surface area contributed by atoms with Gasteiger partial charge in [0.05, 0.1) is 6.42 Å². The Morgan fingerprint density at radius 3 is 2.71 bits per heavy atom. The largest absolute Gasteiger partial charge is 0.461 e. The molecule has 0 spiro atoms. The molecule has 0 aromatic heterocycles. The highest BCUT2D eigenvalue weighted by molar-refractivity contribution is 5.79. The van der Waals surface area contributed by atoms with Crippen LogP contribution >= 0.6 is 0 Å². The fourth-order valence-corrected chi connectivity index (χ4v) is 1.02. The lowest BCUT2D eigenvalue weighted by Gasteiger charge is -2.01. The average Bonchev–Trinajstić information content (AvgIpc) is 2.25. The smallest absolute Gasteiger partial charge is 0.310 e. The van der Waals surface area contributed by atoms with Crippen LogP contribution in [0.4, 0.5) is 0 Å². The molecule has 0 atom stereocenters. The van der Waals surface area contributed by atoms with Gasteiger partial charge in [-0.2, -0.15) is 0 Å². The van der Waals surface area contributed by atoms with Gasteiger partial charge >= 0.3 is 5.97 Å². The normalized spacial score (nSPS) is 9.43. The first kappa shape index (κ1) is 10.5. The van der Waals surface area contributed by atoms with Crippen LogP contribution < -0.4 is 0 Å². The highest BCUT2D eigenvalue weighted by Gasteiger charge is 2.02. The summed E-state index contributed by atoms with van der Waals surface area (Å²) in [7, 11) is 0. The highest BCUT2D eigenvalue weighted by atomic mass is 16.5. The molecule has 0 unspecified atom stereocenters. The van der Waals surface area contributed by atoms with Crippen LogP contribution in [-0.2, 0) is 16.0 Å². The van der Waals surface area contributed by atoms with E-state index in [2.05, 4.69) is 6.58 Å². The molecule has 1 radical (unpaired) electrons. The van der Waals surface area contributed by atoms with Crippen LogP contribution in [0.2, 0.25) is 0 Å². The SMILES string of the molecule is C=CCOC(=O)[CH]Cc1ccccc1. The van der Waals surface area contributed by atoms with E-state index in [4.69, 9.17) is 4.74 Å². The van der Waals surface area contributed by atoms with Crippen LogP contribution in [0.3, 0.4) is 0 Å². The number of esters is 1. The van der Waals surface area contributed by atoms with E-state index >= 15 is 0 Å². The van der Waals surface area contributed by atoms with Crippen LogP contribution in [-0.4, -0.2) is 12.6 Å². The van der Waals surface area contributed by atoms with Crippen LogP contribution in [0.1, 0.15) is 5.56 Å². The average molecular weight is 189 g/mol. The van der Waals surface area contributed by atoms with Crippen LogP contribution in [0.15, 0.2) is 43.0 Å². The number of carbonyl (C=O) groups excluding carboxylic acids is 1. The Morgan fingerprint density at radius 2 is 2.07 bits per heavy atom. The summed E-state index contributed by atoms with van der Waals surface area (Å²) in [5.74, 6) is -0.297. The van der Waals surface area contributed by atoms with Gasteiger partial charge in [0.2, 0.25) is 0 Å². The molecule has 0 aliphatic heterocycles. The van der Waals surface area contributed by atoms with Crippen molar-refractivity contribution in [3.05, 3.63) is 55.0 Å². The number of rotatable bonds is 5. The third kappa shape index (κ3) is 3.90. The monoisotopic (exact) mass is 189 g/mol. The van der Waals surface area contributed by atoms with Crippen molar-refractivity contribution >= 4 is 5.97 Å². The predicted octanol–water partition coefficient (Wildman–Crippen LogP) is 2.16. The molecule has 0 amide bonds. The third-order valence-corrected chi connectivity index (χ3v) is 1.69. The van der Waals surface area contributed by atoms with Crippen molar-refractivity contribution in [1.29, 1.82) is 0 Å². The molecule has 14 heavy (non-hydrogen) atoms. The van der Waals surface area contributed by atoms with E-state index < -0.39 is 0 Å². The van der Waals surface area contributed by atoms with Gasteiger partial charge < -0.3 is 4.74 Å². The molecule has 0 N–H and O–H groups in total. The Balaban J connectivity index is 2.27. The molecule has 0 saturated heterocycles. The van der Waals surface area contributed by atoms with Crippen molar-refractivity contribution in [2.45, 2.75) is 6.42 Å². The molecule has 2 nitrogen and oxygen atoms in total. The van der Waals surface area contributed by atoms with E-state index in [9.17, 15) is 4.79 Å². The van der Waals surface area contributed by atoms with Crippen molar-refractivity contribution in [2.75, 3.05) is 6.61 Å². The van der Waals surface area contributed by atoms with Gasteiger partial charge in [0.25, 0.3) is 0 Å². The van der Waals surface area contributed by atoms with Crippen LogP contribution in [0, 0.1) is 6.42 Å². The van der Waals surface area contributed by atoms with Crippen molar-refractivity contribution < 1.29 is 9.53 Å². The summed E-state index contributed by atoms with van der Waals surface area (Å²) in [6, 6.07) is 9.77. The van der Waals surface area contributed by atoms with Gasteiger partial charge in [-0.15, -0.1) is 0 Å². The molecular weight excluding hydrogens is 176 g/mol. The van der Waals surface area contributed by atoms with Gasteiger partial charge in [-0.05, 0) is 12.0 Å². The van der Waals surface area contributed by atoms with E-state index in [1.807, 2.05) is 30.3 Å². The molecular formula is C12H13O2. The fourth-order valence-electron chi connectivity index (χ4n) is 1.02. The zero-order valence-corrected chi connectivity index (χ0v) is 7.98. The third-order valence-electron chi connectivity index (χ3n) is 1.69. The van der Waals surface area contributed by atoms with Gasteiger partial charge in [-0.25, -0.2) is 0 Å². The van der Waals surface area contributed by atoms with E-state index in [-0.39, 0.29) is 12.6 Å². The zero-order valence-electron chi connectivity index (χ0n) is 7.98. The molecule has 1 aromatic rings. The number of benzene rings is 1. The summed E-state index contributed by atoms with van der Waals surface area (Å²) in [4.78, 5) is 11.0. The molecule has 0 heterocycles. The van der Waals surface area contributed by atoms with E-state index in [0.29, 0.717) is 6.42 Å². The second kappa shape index (κ2) is 5.97. The van der Waals surface area contributed by atoms with E-state index in [0.717, 1.165) is 5.56 Å². The summed E-state index contributed by atoms with van der Waals surface area (Å²) < 4.78 is 4.80. The summed E-state index contributed by atoms with van der Waals surface area (Å²) >= 11 is 0. The lowest BCUT2D eigenvalue weighted by Crippen LogP contribution is -2.06. The lowest BCUT2D eigenvalue weighted by molar-refractivity contribution is -0.138. The number of carbonyl (C=O) groups is 1. The second-order valence-corrected chi connectivity index (χ2v) is 2.81. The summed E-state index contributed by atoms with van der Waals surface area (Å²) in [5, 5.41) is 0. The van der Waals surface area contributed by atoms with Crippen LogP contribution in [0.25, 0.3) is 0 Å². The Hall–Kier alpha value is -1.57. The van der Waals surface area contributed by atoms with E-state index in [1.165, 1.54) is 6.42 Å². The van der Waals surface area contributed by atoms with Crippen molar-refractivity contribution in [3.63, 3.8) is 0 Å². The number of hydrogen-bond acceptors (Lipinski definition) is 2. The van der Waals surface area contributed by atoms with Gasteiger partial charge in [0.1, 0.15) is 6.61 Å². The molecule has 0 bridgehead atoms. The number of ether oxygens (including phenoxy) is 1. The van der Waals surface area contributed by atoms with Gasteiger partial charge in [-0.3, -0.25) is 4.79 Å². The topological polar surface area (TPSA) is 26.3 Å². The maximum Gasteiger partial charge on any atom is 0.310 e. The predicted molar refractivity (Wildman–Crippen MR) is 55.6 cm³/mol. The molecule has 1 aromatic carbocycles.